The fraction of sp³-hybridized carbons (Fsp3) is 0.100. The molecule has 1 amide bonds. The van der Waals surface area contributed by atoms with Crippen LogP contribution in [0.25, 0.3) is 6.08 Å². The zero-order valence-electron chi connectivity index (χ0n) is 13.7. The van der Waals surface area contributed by atoms with E-state index in [0.717, 1.165) is 21.6 Å². The van der Waals surface area contributed by atoms with Gasteiger partial charge in [0, 0.05) is 23.6 Å². The Bertz CT molecular complexity index is 900. The number of nitrogens with zero attached hydrogens (tertiary/aromatic N) is 1. The molecule has 0 atom stereocenters. The Morgan fingerprint density at radius 2 is 2.04 bits per heavy atom. The van der Waals surface area contributed by atoms with Crippen LogP contribution in [0.2, 0.25) is 0 Å². The third-order valence-electron chi connectivity index (χ3n) is 3.54. The van der Waals surface area contributed by atoms with Crippen LogP contribution in [0, 0.1) is 12.7 Å². The predicted molar refractivity (Wildman–Crippen MR) is 100 cm³/mol. The molecule has 1 heterocycles. The van der Waals surface area contributed by atoms with E-state index < -0.39 is 0 Å². The monoisotopic (exact) mass is 352 g/mol. The average Bonchev–Trinajstić information content (AvgIpc) is 3.02. The van der Waals surface area contributed by atoms with E-state index in [9.17, 15) is 9.18 Å². The molecule has 126 valence electrons. The van der Waals surface area contributed by atoms with E-state index in [2.05, 4.69) is 10.3 Å². The standard InChI is InChI=1S/C20H17FN2OS/c1-14-3-2-4-15(11-14)7-10-19(24)23-20-22-13-18(25-20)12-16-5-8-17(21)9-6-16/h2-11,13H,12H2,1H3,(H,22,23,24)/b10-7+. The highest BCUT2D eigenvalue weighted by molar-refractivity contribution is 7.15. The Morgan fingerprint density at radius 3 is 2.80 bits per heavy atom. The van der Waals surface area contributed by atoms with Crippen molar-refractivity contribution in [1.82, 2.24) is 4.98 Å². The molecule has 0 aliphatic heterocycles. The summed E-state index contributed by atoms with van der Waals surface area (Å²) in [6.45, 7) is 2.01. The number of amides is 1. The van der Waals surface area contributed by atoms with E-state index in [-0.39, 0.29) is 11.7 Å². The number of carbonyl (C=O) groups is 1. The molecule has 0 aliphatic rings. The van der Waals surface area contributed by atoms with Gasteiger partial charge >= 0.3 is 0 Å². The minimum absolute atomic E-state index is 0.218. The summed E-state index contributed by atoms with van der Waals surface area (Å²) in [6.07, 6.45) is 5.66. The van der Waals surface area contributed by atoms with Crippen molar-refractivity contribution >= 4 is 28.5 Å². The molecule has 0 radical (unpaired) electrons. The number of benzene rings is 2. The summed E-state index contributed by atoms with van der Waals surface area (Å²) in [5.74, 6) is -0.467. The fourth-order valence-electron chi connectivity index (χ4n) is 2.34. The summed E-state index contributed by atoms with van der Waals surface area (Å²) in [5.41, 5.74) is 3.13. The summed E-state index contributed by atoms with van der Waals surface area (Å²) in [6, 6.07) is 14.3. The molecular formula is C20H17FN2OS. The number of halogens is 1. The van der Waals surface area contributed by atoms with Gasteiger partial charge in [0.05, 0.1) is 0 Å². The summed E-state index contributed by atoms with van der Waals surface area (Å²) >= 11 is 1.41. The zero-order valence-corrected chi connectivity index (χ0v) is 14.5. The van der Waals surface area contributed by atoms with E-state index in [1.165, 1.54) is 29.5 Å². The summed E-state index contributed by atoms with van der Waals surface area (Å²) in [4.78, 5) is 17.2. The Kier molecular flexibility index (Phi) is 5.36. The molecule has 0 spiro atoms. The molecule has 2 aromatic carbocycles. The average molecular weight is 352 g/mol. The quantitative estimate of drug-likeness (QED) is 0.668. The topological polar surface area (TPSA) is 42.0 Å². The number of aromatic nitrogens is 1. The molecule has 25 heavy (non-hydrogen) atoms. The fourth-order valence-corrected chi connectivity index (χ4v) is 3.19. The number of aryl methyl sites for hydroxylation is 1. The van der Waals surface area contributed by atoms with Crippen molar-refractivity contribution in [2.75, 3.05) is 5.32 Å². The maximum absolute atomic E-state index is 12.9. The van der Waals surface area contributed by atoms with Crippen LogP contribution in [0.15, 0.2) is 60.8 Å². The van der Waals surface area contributed by atoms with Gasteiger partial charge in [-0.3, -0.25) is 10.1 Å². The highest BCUT2D eigenvalue weighted by Gasteiger charge is 2.05. The second-order valence-corrected chi connectivity index (χ2v) is 6.79. The third-order valence-corrected chi connectivity index (χ3v) is 4.46. The Morgan fingerprint density at radius 1 is 1.24 bits per heavy atom. The molecule has 3 nitrogen and oxygen atoms in total. The van der Waals surface area contributed by atoms with Gasteiger partial charge in [0.15, 0.2) is 5.13 Å². The molecule has 3 aromatic rings. The molecule has 0 bridgehead atoms. The van der Waals surface area contributed by atoms with Crippen molar-refractivity contribution in [1.29, 1.82) is 0 Å². The van der Waals surface area contributed by atoms with Crippen molar-refractivity contribution in [3.8, 4) is 0 Å². The van der Waals surface area contributed by atoms with Crippen LogP contribution in [0.3, 0.4) is 0 Å². The van der Waals surface area contributed by atoms with Crippen LogP contribution in [0.5, 0.6) is 0 Å². The van der Waals surface area contributed by atoms with Gasteiger partial charge in [-0.25, -0.2) is 9.37 Å². The van der Waals surface area contributed by atoms with E-state index in [1.54, 1.807) is 24.4 Å². The first-order chi connectivity index (χ1) is 12.1. The number of carbonyl (C=O) groups excluding carboxylic acids is 1. The molecule has 1 N–H and O–H groups in total. The molecule has 0 unspecified atom stereocenters. The van der Waals surface area contributed by atoms with Crippen molar-refractivity contribution in [2.24, 2.45) is 0 Å². The van der Waals surface area contributed by atoms with E-state index in [0.29, 0.717) is 11.6 Å². The van der Waals surface area contributed by atoms with E-state index in [1.807, 2.05) is 31.2 Å². The first kappa shape index (κ1) is 17.0. The molecule has 0 saturated carbocycles. The van der Waals surface area contributed by atoms with Gasteiger partial charge in [-0.05, 0) is 36.3 Å². The van der Waals surface area contributed by atoms with E-state index in [4.69, 9.17) is 0 Å². The maximum Gasteiger partial charge on any atom is 0.250 e. The lowest BCUT2D eigenvalue weighted by molar-refractivity contribution is -0.111. The molecule has 3 rings (SSSR count). The number of anilines is 1. The minimum atomic E-state index is -0.249. The Balaban J connectivity index is 1.59. The Hall–Kier alpha value is -2.79. The second kappa shape index (κ2) is 7.85. The molecule has 0 fully saturated rings. The number of nitrogens with one attached hydrogen (secondary N) is 1. The number of thiazole rings is 1. The molecule has 0 aliphatic carbocycles. The van der Waals surface area contributed by atoms with Gasteiger partial charge in [-0.1, -0.05) is 42.0 Å². The van der Waals surface area contributed by atoms with Crippen molar-refractivity contribution in [3.05, 3.63) is 88.2 Å². The lowest BCUT2D eigenvalue weighted by Crippen LogP contribution is -2.07. The smallest absolute Gasteiger partial charge is 0.250 e. The first-order valence-electron chi connectivity index (χ1n) is 7.83. The lowest BCUT2D eigenvalue weighted by Gasteiger charge is -1.98. The summed E-state index contributed by atoms with van der Waals surface area (Å²) in [7, 11) is 0. The minimum Gasteiger partial charge on any atom is -0.298 e. The molecule has 0 saturated heterocycles. The van der Waals surface area contributed by atoms with Gasteiger partial charge in [0.25, 0.3) is 0 Å². The zero-order chi connectivity index (χ0) is 17.6. The third kappa shape index (κ3) is 5.09. The normalized spacial score (nSPS) is 11.0. The second-order valence-electron chi connectivity index (χ2n) is 5.67. The highest BCUT2D eigenvalue weighted by atomic mass is 32.1. The highest BCUT2D eigenvalue weighted by Crippen LogP contribution is 2.21. The molecule has 5 heteroatoms. The Labute approximate surface area is 149 Å². The van der Waals surface area contributed by atoms with Crippen molar-refractivity contribution in [3.63, 3.8) is 0 Å². The molecular weight excluding hydrogens is 335 g/mol. The van der Waals surface area contributed by atoms with Crippen molar-refractivity contribution < 1.29 is 9.18 Å². The number of hydrogen-bond acceptors (Lipinski definition) is 3. The van der Waals surface area contributed by atoms with Crippen LogP contribution >= 0.6 is 11.3 Å². The maximum atomic E-state index is 12.9. The van der Waals surface area contributed by atoms with Crippen LogP contribution in [0.4, 0.5) is 9.52 Å². The first-order valence-corrected chi connectivity index (χ1v) is 8.65. The SMILES string of the molecule is Cc1cccc(/C=C/C(=O)Nc2ncc(Cc3ccc(F)cc3)s2)c1. The summed E-state index contributed by atoms with van der Waals surface area (Å²) in [5, 5.41) is 3.32. The van der Waals surface area contributed by atoms with Crippen LogP contribution in [0.1, 0.15) is 21.6 Å². The largest absolute Gasteiger partial charge is 0.298 e. The van der Waals surface area contributed by atoms with E-state index >= 15 is 0 Å². The van der Waals surface area contributed by atoms with Gasteiger partial charge < -0.3 is 0 Å². The molecule has 1 aromatic heterocycles. The number of rotatable bonds is 5. The van der Waals surface area contributed by atoms with Crippen LogP contribution in [-0.2, 0) is 11.2 Å². The van der Waals surface area contributed by atoms with Crippen LogP contribution < -0.4 is 5.32 Å². The lowest BCUT2D eigenvalue weighted by atomic mass is 10.1. The van der Waals surface area contributed by atoms with Crippen LogP contribution in [-0.4, -0.2) is 10.9 Å². The van der Waals surface area contributed by atoms with Gasteiger partial charge in [-0.15, -0.1) is 11.3 Å². The van der Waals surface area contributed by atoms with Crippen molar-refractivity contribution in [2.45, 2.75) is 13.3 Å². The van der Waals surface area contributed by atoms with Gasteiger partial charge in [0.2, 0.25) is 5.91 Å². The number of hydrogen-bond donors (Lipinski definition) is 1. The predicted octanol–water partition coefficient (Wildman–Crippen LogP) is 4.83. The van der Waals surface area contributed by atoms with Gasteiger partial charge in [-0.2, -0.15) is 0 Å². The van der Waals surface area contributed by atoms with Gasteiger partial charge in [0.1, 0.15) is 5.82 Å². The summed E-state index contributed by atoms with van der Waals surface area (Å²) < 4.78 is 12.9.